The van der Waals surface area contributed by atoms with Crippen molar-refractivity contribution < 1.29 is 9.90 Å². The zero-order valence-electron chi connectivity index (χ0n) is 17.8. The molecule has 0 aliphatic rings. The molecular formula is C22H16ClN9O3. The van der Waals surface area contributed by atoms with Gasteiger partial charge < -0.3 is 14.7 Å². The van der Waals surface area contributed by atoms with Crippen molar-refractivity contribution in [2.24, 2.45) is 0 Å². The van der Waals surface area contributed by atoms with E-state index in [1.165, 1.54) is 27.8 Å². The van der Waals surface area contributed by atoms with E-state index in [1.807, 2.05) is 0 Å². The highest BCUT2D eigenvalue weighted by Crippen LogP contribution is 2.28. The predicted molar refractivity (Wildman–Crippen MR) is 126 cm³/mol. The number of nitrogens with one attached hydrogen (secondary N) is 2. The molecule has 0 aliphatic heterocycles. The van der Waals surface area contributed by atoms with Gasteiger partial charge in [-0.1, -0.05) is 11.6 Å². The lowest BCUT2D eigenvalue weighted by molar-refractivity contribution is 0.209. The van der Waals surface area contributed by atoms with Crippen LogP contribution in [0, 0.1) is 0 Å². The molecule has 35 heavy (non-hydrogen) atoms. The monoisotopic (exact) mass is 489 g/mol. The summed E-state index contributed by atoms with van der Waals surface area (Å²) in [6.07, 6.45) is 4.99. The summed E-state index contributed by atoms with van der Waals surface area (Å²) in [6, 6.07) is 11.8. The lowest BCUT2D eigenvalue weighted by Gasteiger charge is -2.11. The molecule has 1 aromatic carbocycles. The Morgan fingerprint density at radius 3 is 2.71 bits per heavy atom. The van der Waals surface area contributed by atoms with Crippen LogP contribution >= 0.6 is 11.6 Å². The topological polar surface area (TPSA) is 156 Å². The SMILES string of the molecule is O=C(O)Nc1ccc(-c2cnc(Cn3ccc(-c4cc(Cl)ccc4-n4cnnn4)cc3=O)[nH]2)nc1. The Labute approximate surface area is 201 Å². The molecule has 0 bridgehead atoms. The molecule has 174 valence electrons. The number of benzene rings is 1. The van der Waals surface area contributed by atoms with E-state index in [0.29, 0.717) is 44.7 Å². The van der Waals surface area contributed by atoms with Crippen molar-refractivity contribution in [1.82, 2.24) is 39.7 Å². The summed E-state index contributed by atoms with van der Waals surface area (Å²) in [4.78, 5) is 35.3. The first-order valence-corrected chi connectivity index (χ1v) is 10.6. The molecule has 0 unspecified atom stereocenters. The van der Waals surface area contributed by atoms with Gasteiger partial charge in [0, 0.05) is 22.8 Å². The molecule has 0 saturated carbocycles. The van der Waals surface area contributed by atoms with Crippen LogP contribution < -0.4 is 10.9 Å². The van der Waals surface area contributed by atoms with E-state index in [4.69, 9.17) is 16.7 Å². The number of pyridine rings is 2. The van der Waals surface area contributed by atoms with Crippen molar-refractivity contribution in [2.75, 3.05) is 5.32 Å². The number of anilines is 1. The maximum atomic E-state index is 12.9. The van der Waals surface area contributed by atoms with Gasteiger partial charge in [0.2, 0.25) is 0 Å². The number of aromatic nitrogens is 8. The molecule has 3 N–H and O–H groups in total. The molecule has 0 radical (unpaired) electrons. The largest absolute Gasteiger partial charge is 0.465 e. The normalized spacial score (nSPS) is 10.9. The van der Waals surface area contributed by atoms with Crippen LogP contribution in [0.1, 0.15) is 5.82 Å². The first-order valence-electron chi connectivity index (χ1n) is 10.2. The van der Waals surface area contributed by atoms with Gasteiger partial charge in [-0.2, -0.15) is 4.68 Å². The fourth-order valence-corrected chi connectivity index (χ4v) is 3.67. The molecule has 0 spiro atoms. The van der Waals surface area contributed by atoms with Crippen molar-refractivity contribution in [3.8, 4) is 28.2 Å². The molecule has 0 fully saturated rings. The molecule has 0 aliphatic carbocycles. The van der Waals surface area contributed by atoms with Crippen molar-refractivity contribution in [1.29, 1.82) is 0 Å². The lowest BCUT2D eigenvalue weighted by Crippen LogP contribution is -2.19. The van der Waals surface area contributed by atoms with E-state index >= 15 is 0 Å². The van der Waals surface area contributed by atoms with Gasteiger partial charge in [-0.25, -0.2) is 9.78 Å². The van der Waals surface area contributed by atoms with Gasteiger partial charge in [0.25, 0.3) is 5.56 Å². The predicted octanol–water partition coefficient (Wildman–Crippen LogP) is 3.07. The highest BCUT2D eigenvalue weighted by molar-refractivity contribution is 6.31. The fourth-order valence-electron chi connectivity index (χ4n) is 3.50. The highest BCUT2D eigenvalue weighted by atomic mass is 35.5. The summed E-state index contributed by atoms with van der Waals surface area (Å²) >= 11 is 6.20. The zero-order valence-corrected chi connectivity index (χ0v) is 18.6. The van der Waals surface area contributed by atoms with Crippen LogP contribution in [0.3, 0.4) is 0 Å². The number of tetrazole rings is 1. The van der Waals surface area contributed by atoms with E-state index in [9.17, 15) is 9.59 Å². The Bertz CT molecular complexity index is 1560. The zero-order chi connectivity index (χ0) is 24.4. The van der Waals surface area contributed by atoms with E-state index in [2.05, 4.69) is 35.8 Å². The third-order valence-corrected chi connectivity index (χ3v) is 5.34. The van der Waals surface area contributed by atoms with Gasteiger partial charge in [-0.3, -0.25) is 15.1 Å². The number of amides is 1. The summed E-state index contributed by atoms with van der Waals surface area (Å²) in [6.45, 7) is 0.215. The molecule has 1 amide bonds. The van der Waals surface area contributed by atoms with E-state index < -0.39 is 6.09 Å². The second kappa shape index (κ2) is 9.19. The van der Waals surface area contributed by atoms with Crippen molar-refractivity contribution >= 4 is 23.4 Å². The Hall–Kier alpha value is -4.84. The number of halogens is 1. The molecule has 4 aromatic heterocycles. The molecule has 5 aromatic rings. The maximum Gasteiger partial charge on any atom is 0.409 e. The fraction of sp³-hybridized carbons (Fsp3) is 0.0455. The molecule has 0 atom stereocenters. The van der Waals surface area contributed by atoms with E-state index in [-0.39, 0.29) is 12.1 Å². The first kappa shape index (κ1) is 22.0. The summed E-state index contributed by atoms with van der Waals surface area (Å²) in [5, 5.41) is 22.8. The smallest absolute Gasteiger partial charge is 0.409 e. The van der Waals surface area contributed by atoms with Crippen LogP contribution in [0.5, 0.6) is 0 Å². The minimum absolute atomic E-state index is 0.215. The second-order valence-corrected chi connectivity index (χ2v) is 7.84. The van der Waals surface area contributed by atoms with E-state index in [1.54, 1.807) is 48.8 Å². The number of hydrogen-bond donors (Lipinski definition) is 3. The van der Waals surface area contributed by atoms with E-state index in [0.717, 1.165) is 0 Å². The standard InChI is InChI=1S/C22H16ClN9O3/c23-14-1-4-19(32-12-26-29-30-32)16(8-14)13-5-6-31(21(33)7-13)11-20-25-10-18(28-20)17-3-2-15(9-24-17)27-22(34)35/h1-10,12,27H,11H2,(H,25,28)(H,34,35). The van der Waals surface area contributed by atoms with Crippen molar-refractivity contribution in [2.45, 2.75) is 6.54 Å². The minimum atomic E-state index is -1.16. The number of aromatic amines is 1. The summed E-state index contributed by atoms with van der Waals surface area (Å²) in [7, 11) is 0. The Morgan fingerprint density at radius 1 is 1.11 bits per heavy atom. The average Bonchev–Trinajstić information content (AvgIpc) is 3.53. The average molecular weight is 490 g/mol. The molecule has 12 nitrogen and oxygen atoms in total. The number of carbonyl (C=O) groups is 1. The number of H-pyrrole nitrogens is 1. The number of hydrogen-bond acceptors (Lipinski definition) is 7. The van der Waals surface area contributed by atoms with Crippen LogP contribution in [0.15, 0.2) is 72.2 Å². The Balaban J connectivity index is 1.38. The number of nitrogens with zero attached hydrogens (tertiary/aromatic N) is 7. The number of rotatable bonds is 6. The highest BCUT2D eigenvalue weighted by Gasteiger charge is 2.12. The third kappa shape index (κ3) is 4.77. The molecular weight excluding hydrogens is 474 g/mol. The van der Waals surface area contributed by atoms with Crippen molar-refractivity contribution in [3.63, 3.8) is 0 Å². The van der Waals surface area contributed by atoms with Gasteiger partial charge in [-0.15, -0.1) is 5.10 Å². The molecule has 13 heteroatoms. The maximum absolute atomic E-state index is 12.9. The number of carboxylic acid groups (broad SMARTS) is 1. The van der Waals surface area contributed by atoms with Crippen molar-refractivity contribution in [3.05, 3.63) is 88.6 Å². The molecule has 5 rings (SSSR count). The first-order chi connectivity index (χ1) is 17.0. The van der Waals surface area contributed by atoms with Crippen LogP contribution in [0.2, 0.25) is 5.02 Å². The third-order valence-electron chi connectivity index (χ3n) is 5.10. The molecule has 4 heterocycles. The second-order valence-electron chi connectivity index (χ2n) is 7.40. The van der Waals surface area contributed by atoms with Crippen LogP contribution in [0.25, 0.3) is 28.2 Å². The number of imidazole rings is 1. The Kier molecular flexibility index (Phi) is 5.77. The lowest BCUT2D eigenvalue weighted by atomic mass is 10.0. The van der Waals surface area contributed by atoms with Gasteiger partial charge in [-0.05, 0) is 52.4 Å². The quantitative estimate of drug-likeness (QED) is 0.328. The van der Waals surface area contributed by atoms with Gasteiger partial charge in [0.15, 0.2) is 0 Å². The summed E-state index contributed by atoms with van der Waals surface area (Å²) in [5.41, 5.74) is 3.40. The molecule has 0 saturated heterocycles. The van der Waals surface area contributed by atoms with Gasteiger partial charge >= 0.3 is 6.09 Å². The van der Waals surface area contributed by atoms with Crippen LogP contribution in [-0.4, -0.2) is 50.9 Å². The van der Waals surface area contributed by atoms with Gasteiger partial charge in [0.05, 0.1) is 41.7 Å². The summed E-state index contributed by atoms with van der Waals surface area (Å²) < 4.78 is 3.01. The van der Waals surface area contributed by atoms with Crippen LogP contribution in [-0.2, 0) is 6.54 Å². The van der Waals surface area contributed by atoms with Crippen LogP contribution in [0.4, 0.5) is 10.5 Å². The minimum Gasteiger partial charge on any atom is -0.465 e. The Morgan fingerprint density at radius 2 is 2.00 bits per heavy atom. The summed E-state index contributed by atoms with van der Waals surface area (Å²) in [5.74, 6) is 0.557. The van der Waals surface area contributed by atoms with Gasteiger partial charge in [0.1, 0.15) is 12.2 Å².